The average Bonchev–Trinajstić information content (AvgIpc) is 3.92. The molecule has 268 valence electrons. The Bertz CT molecular complexity index is 1980. The minimum Gasteiger partial charge on any atom is -0.394 e. The molecule has 6 heterocycles. The molecule has 3 fully saturated rings. The van der Waals surface area contributed by atoms with Gasteiger partial charge in [0.2, 0.25) is 11.2 Å². The summed E-state index contributed by atoms with van der Waals surface area (Å²) >= 11 is 5.85. The zero-order chi connectivity index (χ0) is 33.9. The lowest BCUT2D eigenvalue weighted by atomic mass is 9.92. The Hall–Kier alpha value is -3.31. The SMILES string of the molecule is C.O=S1CCc2nc(Cl)nc(NC3(CO)CC3)c21.O=S1CCc2nc(N3CCC(c4noc5cc(F)ccc45)CC3)nc(NC3(CO)CC3)c21. The van der Waals surface area contributed by atoms with Crippen LogP contribution in [0.15, 0.2) is 32.5 Å². The van der Waals surface area contributed by atoms with Crippen molar-refractivity contribution in [2.45, 2.75) is 85.6 Å². The number of anilines is 3. The van der Waals surface area contributed by atoms with E-state index in [1.807, 2.05) is 0 Å². The van der Waals surface area contributed by atoms with E-state index in [0.717, 1.165) is 74.1 Å². The highest BCUT2D eigenvalue weighted by Crippen LogP contribution is 2.42. The number of rotatable bonds is 8. The van der Waals surface area contributed by atoms with E-state index in [4.69, 9.17) is 26.1 Å². The number of nitrogens with one attached hydrogen (secondary N) is 2. The molecule has 13 nitrogen and oxygen atoms in total. The van der Waals surface area contributed by atoms with Crippen molar-refractivity contribution in [3.63, 3.8) is 0 Å². The van der Waals surface area contributed by atoms with Gasteiger partial charge >= 0.3 is 0 Å². The Kier molecular flexibility index (Phi) is 9.60. The maximum atomic E-state index is 13.5. The maximum Gasteiger partial charge on any atom is 0.227 e. The van der Waals surface area contributed by atoms with Gasteiger partial charge in [-0.05, 0) is 62.3 Å². The second kappa shape index (κ2) is 13.7. The first kappa shape index (κ1) is 35.1. The summed E-state index contributed by atoms with van der Waals surface area (Å²) in [6.07, 6.45) is 6.61. The molecule has 3 aromatic heterocycles. The van der Waals surface area contributed by atoms with Gasteiger partial charge in [0.25, 0.3) is 0 Å². The van der Waals surface area contributed by atoms with Crippen LogP contribution in [0.1, 0.15) is 69.0 Å². The molecule has 2 unspecified atom stereocenters. The van der Waals surface area contributed by atoms with E-state index >= 15 is 0 Å². The van der Waals surface area contributed by atoms with Crippen LogP contribution in [0, 0.1) is 5.82 Å². The third-order valence-electron chi connectivity index (χ3n) is 10.0. The zero-order valence-electron chi connectivity index (χ0n) is 26.6. The Morgan fingerprint density at radius 1 is 0.900 bits per heavy atom. The van der Waals surface area contributed by atoms with Crippen molar-refractivity contribution in [1.82, 2.24) is 25.1 Å². The van der Waals surface area contributed by atoms with Crippen molar-refractivity contribution < 1.29 is 27.5 Å². The molecule has 5 aliphatic rings. The summed E-state index contributed by atoms with van der Waals surface area (Å²) < 4.78 is 43.2. The molecule has 4 aromatic rings. The van der Waals surface area contributed by atoms with Crippen LogP contribution in [0.3, 0.4) is 0 Å². The van der Waals surface area contributed by atoms with Gasteiger partial charge in [-0.25, -0.2) is 14.4 Å². The van der Waals surface area contributed by atoms with E-state index in [9.17, 15) is 23.0 Å². The summed E-state index contributed by atoms with van der Waals surface area (Å²) in [4.78, 5) is 21.2. The van der Waals surface area contributed by atoms with Crippen LogP contribution < -0.4 is 15.5 Å². The number of benzene rings is 1. The third-order valence-corrected chi connectivity index (χ3v) is 13.1. The zero-order valence-corrected chi connectivity index (χ0v) is 29.0. The van der Waals surface area contributed by atoms with Crippen LogP contribution in [-0.2, 0) is 34.4 Å². The fourth-order valence-corrected chi connectivity index (χ4v) is 9.49. The van der Waals surface area contributed by atoms with Crippen LogP contribution in [-0.4, -0.2) is 92.6 Å². The number of hydrogen-bond donors (Lipinski definition) is 4. The lowest BCUT2D eigenvalue weighted by Crippen LogP contribution is -2.35. The Labute approximate surface area is 298 Å². The standard InChI is InChI=1S/C22H24FN5O3S.C10H12ClN3O2S.CH4/c23-14-1-2-15-17(11-14)31-27-18(15)13-3-8-28(9-4-13)21-24-16-5-10-32(30)19(16)20(25-21)26-22(12-29)6-7-22;11-9-12-6-1-4-17(16)7(6)8(13-9)14-10(5-15)2-3-10;/h1-2,11,13,29H,3-10,12H2,(H,24,25,26);15H,1-5H2,(H,12,13,14);1H4. The molecule has 9 rings (SSSR count). The average molecular weight is 747 g/mol. The predicted octanol–water partition coefficient (Wildman–Crippen LogP) is 4.11. The second-order valence-corrected chi connectivity index (χ2v) is 16.8. The molecule has 1 aromatic carbocycles. The molecule has 17 heteroatoms. The summed E-state index contributed by atoms with van der Waals surface area (Å²) in [7, 11) is -2.16. The van der Waals surface area contributed by atoms with E-state index in [0.29, 0.717) is 57.3 Å². The first-order valence-corrected chi connectivity index (χ1v) is 19.5. The summed E-state index contributed by atoms with van der Waals surface area (Å²) in [6.45, 7) is 1.60. The Morgan fingerprint density at radius 3 is 2.06 bits per heavy atom. The number of halogens is 2. The van der Waals surface area contributed by atoms with Gasteiger partial charge in [-0.2, -0.15) is 9.97 Å². The monoisotopic (exact) mass is 746 g/mol. The lowest BCUT2D eigenvalue weighted by Gasteiger charge is -2.32. The van der Waals surface area contributed by atoms with Gasteiger partial charge in [0.05, 0.1) is 63.0 Å². The van der Waals surface area contributed by atoms with Gasteiger partial charge in [-0.3, -0.25) is 8.42 Å². The first-order chi connectivity index (χ1) is 23.7. The molecule has 2 atom stereocenters. The van der Waals surface area contributed by atoms with Crippen LogP contribution in [0.4, 0.5) is 22.0 Å². The van der Waals surface area contributed by atoms with E-state index in [-0.39, 0.29) is 48.7 Å². The van der Waals surface area contributed by atoms with Crippen LogP contribution in [0.5, 0.6) is 0 Å². The highest BCUT2D eigenvalue weighted by Gasteiger charge is 2.45. The molecule has 2 aliphatic carbocycles. The highest BCUT2D eigenvalue weighted by molar-refractivity contribution is 7.85. The number of fused-ring (bicyclic) bond motifs is 3. The first-order valence-electron chi connectivity index (χ1n) is 16.5. The van der Waals surface area contributed by atoms with Crippen LogP contribution >= 0.6 is 11.6 Å². The molecule has 0 spiro atoms. The minimum atomic E-state index is -1.11. The molecule has 4 N–H and O–H groups in total. The van der Waals surface area contributed by atoms with Gasteiger partial charge in [0.1, 0.15) is 27.2 Å². The predicted molar refractivity (Wildman–Crippen MR) is 189 cm³/mol. The maximum absolute atomic E-state index is 13.5. The van der Waals surface area contributed by atoms with E-state index in [1.165, 1.54) is 12.1 Å². The molecule has 1 saturated heterocycles. The Morgan fingerprint density at radius 2 is 1.48 bits per heavy atom. The minimum absolute atomic E-state index is 0. The normalized spacial score (nSPS) is 22.6. The van der Waals surface area contributed by atoms with Gasteiger partial charge in [-0.15, -0.1) is 0 Å². The smallest absolute Gasteiger partial charge is 0.227 e. The third kappa shape index (κ3) is 6.72. The number of aliphatic hydroxyl groups is 2. The number of piperidine rings is 1. The van der Waals surface area contributed by atoms with E-state index in [2.05, 4.69) is 30.7 Å². The Balaban J connectivity index is 0.000000184. The molecule has 0 bridgehead atoms. The van der Waals surface area contributed by atoms with Gasteiger partial charge in [0.15, 0.2) is 5.58 Å². The van der Waals surface area contributed by atoms with E-state index < -0.39 is 21.6 Å². The van der Waals surface area contributed by atoms with Crippen molar-refractivity contribution in [3.05, 3.63) is 46.4 Å². The van der Waals surface area contributed by atoms with Crippen molar-refractivity contribution in [2.24, 2.45) is 0 Å². The largest absolute Gasteiger partial charge is 0.394 e. The summed E-state index contributed by atoms with van der Waals surface area (Å²) in [5.41, 5.74) is 2.33. The van der Waals surface area contributed by atoms with Crippen molar-refractivity contribution >= 4 is 61.8 Å². The van der Waals surface area contributed by atoms with E-state index in [1.54, 1.807) is 6.07 Å². The van der Waals surface area contributed by atoms with Gasteiger partial charge in [0, 0.05) is 54.8 Å². The van der Waals surface area contributed by atoms with Gasteiger partial charge in [-0.1, -0.05) is 12.6 Å². The summed E-state index contributed by atoms with van der Waals surface area (Å²) in [5.74, 6) is 2.82. The van der Waals surface area contributed by atoms with Crippen molar-refractivity contribution in [1.29, 1.82) is 0 Å². The number of aromatic nitrogens is 5. The number of aryl methyl sites for hydroxylation is 2. The molecule has 3 aliphatic heterocycles. The number of nitrogens with zero attached hydrogens (tertiary/aromatic N) is 6. The quantitative estimate of drug-likeness (QED) is 0.190. The fourth-order valence-electron chi connectivity index (χ4n) is 6.69. The molecule has 0 radical (unpaired) electrons. The summed E-state index contributed by atoms with van der Waals surface area (Å²) in [6, 6.07) is 4.55. The van der Waals surface area contributed by atoms with Crippen molar-refractivity contribution in [3.8, 4) is 0 Å². The molecule has 2 saturated carbocycles. The van der Waals surface area contributed by atoms with Crippen molar-refractivity contribution in [2.75, 3.05) is 53.3 Å². The van der Waals surface area contributed by atoms with Crippen LogP contribution in [0.2, 0.25) is 5.28 Å². The molecule has 0 amide bonds. The molecular weight excluding hydrogens is 707 g/mol. The van der Waals surface area contributed by atoms with Crippen LogP contribution in [0.25, 0.3) is 11.0 Å². The highest BCUT2D eigenvalue weighted by atomic mass is 35.5. The molecule has 50 heavy (non-hydrogen) atoms. The number of aliphatic hydroxyl groups excluding tert-OH is 2. The molecular formula is C33H40ClFN8O5S2. The topological polar surface area (TPSA) is 179 Å². The fraction of sp³-hybridized carbons (Fsp3) is 0.545. The van der Waals surface area contributed by atoms with Gasteiger partial charge < -0.3 is 30.3 Å². The second-order valence-electron chi connectivity index (χ2n) is 13.5. The summed E-state index contributed by atoms with van der Waals surface area (Å²) in [5, 5.41) is 30.8. The number of hydrogen-bond acceptors (Lipinski definition) is 13. The lowest BCUT2D eigenvalue weighted by molar-refractivity contribution is 0.265.